The Morgan fingerprint density at radius 3 is 2.75 bits per heavy atom. The second kappa shape index (κ2) is 9.20. The van der Waals surface area contributed by atoms with Gasteiger partial charge in [-0.25, -0.2) is 0 Å². The van der Waals surface area contributed by atoms with Gasteiger partial charge < -0.3 is 20.5 Å². The fourth-order valence-corrected chi connectivity index (χ4v) is 1.72. The van der Waals surface area contributed by atoms with Crippen molar-refractivity contribution in [3.05, 3.63) is 23.8 Å². The molecule has 0 saturated carbocycles. The Balaban J connectivity index is 2.69. The Labute approximate surface area is 120 Å². The highest BCUT2D eigenvalue weighted by Gasteiger charge is 2.07. The lowest BCUT2D eigenvalue weighted by Gasteiger charge is -2.13. The van der Waals surface area contributed by atoms with Gasteiger partial charge >= 0.3 is 0 Å². The summed E-state index contributed by atoms with van der Waals surface area (Å²) in [6, 6.07) is 5.75. The summed E-state index contributed by atoms with van der Waals surface area (Å²) in [6.07, 6.45) is 2.03. The number of benzene rings is 1. The number of ether oxygens (including phenoxy) is 2. The second-order valence-corrected chi connectivity index (χ2v) is 4.43. The minimum Gasteiger partial charge on any atom is -0.493 e. The van der Waals surface area contributed by atoms with Crippen LogP contribution in [0.5, 0.6) is 11.5 Å². The molecule has 5 heteroatoms. The summed E-state index contributed by atoms with van der Waals surface area (Å²) < 4.78 is 11.3. The molecule has 1 amide bonds. The van der Waals surface area contributed by atoms with Crippen LogP contribution in [-0.2, 0) is 11.2 Å². The summed E-state index contributed by atoms with van der Waals surface area (Å²) in [7, 11) is 1.61. The Morgan fingerprint density at radius 1 is 1.30 bits per heavy atom. The smallest absolute Gasteiger partial charge is 0.223 e. The predicted octanol–water partition coefficient (Wildman–Crippen LogP) is 1.49. The first-order chi connectivity index (χ1) is 9.71. The van der Waals surface area contributed by atoms with E-state index in [2.05, 4.69) is 12.2 Å². The molecule has 0 bridgehead atoms. The third-order valence-electron chi connectivity index (χ3n) is 2.79. The fourth-order valence-electron chi connectivity index (χ4n) is 1.72. The third kappa shape index (κ3) is 5.48. The molecule has 0 fully saturated rings. The molecule has 5 nitrogen and oxygen atoms in total. The summed E-state index contributed by atoms with van der Waals surface area (Å²) >= 11 is 0. The highest BCUT2D eigenvalue weighted by Crippen LogP contribution is 2.25. The number of carbonyl (C=O) groups is 1. The Bertz CT molecular complexity index is 422. The molecule has 0 aliphatic carbocycles. The average molecular weight is 280 g/mol. The van der Waals surface area contributed by atoms with Crippen LogP contribution >= 0.6 is 0 Å². The molecular formula is C15H24N2O3. The van der Waals surface area contributed by atoms with Crippen molar-refractivity contribution in [1.82, 2.24) is 5.32 Å². The van der Waals surface area contributed by atoms with E-state index in [-0.39, 0.29) is 5.91 Å². The van der Waals surface area contributed by atoms with Gasteiger partial charge in [-0.15, -0.1) is 0 Å². The van der Waals surface area contributed by atoms with Crippen LogP contribution in [0.4, 0.5) is 0 Å². The molecule has 0 heterocycles. The van der Waals surface area contributed by atoms with Crippen molar-refractivity contribution in [2.75, 3.05) is 26.8 Å². The standard InChI is InChI=1S/C15H24N2O3/c1-3-9-19-13-5-4-12(6-8-16)14(11-13)20-10-7-15(18)17-2/h4-5,11H,3,6-10,16H2,1-2H3,(H,17,18). The third-order valence-corrected chi connectivity index (χ3v) is 2.79. The number of amides is 1. The van der Waals surface area contributed by atoms with Gasteiger partial charge in [-0.1, -0.05) is 13.0 Å². The number of rotatable bonds is 9. The molecule has 0 aliphatic heterocycles. The SMILES string of the molecule is CCCOc1ccc(CCN)c(OCCC(=O)NC)c1. The van der Waals surface area contributed by atoms with Gasteiger partial charge in [0.2, 0.25) is 5.91 Å². The van der Waals surface area contributed by atoms with Gasteiger partial charge in [0, 0.05) is 13.1 Å². The molecule has 0 atom stereocenters. The van der Waals surface area contributed by atoms with Gasteiger partial charge in [-0.05, 0) is 31.0 Å². The highest BCUT2D eigenvalue weighted by atomic mass is 16.5. The van der Waals surface area contributed by atoms with Crippen LogP contribution in [0.15, 0.2) is 18.2 Å². The van der Waals surface area contributed by atoms with Crippen LogP contribution in [0.25, 0.3) is 0 Å². The van der Waals surface area contributed by atoms with Gasteiger partial charge in [0.1, 0.15) is 11.5 Å². The minimum absolute atomic E-state index is 0.0382. The van der Waals surface area contributed by atoms with Crippen LogP contribution in [0.3, 0.4) is 0 Å². The maximum atomic E-state index is 11.2. The van der Waals surface area contributed by atoms with Crippen LogP contribution in [0, 0.1) is 0 Å². The number of nitrogens with two attached hydrogens (primary N) is 1. The normalized spacial score (nSPS) is 10.2. The van der Waals surface area contributed by atoms with Crippen molar-refractivity contribution in [2.24, 2.45) is 5.73 Å². The van der Waals surface area contributed by atoms with Gasteiger partial charge in [-0.3, -0.25) is 4.79 Å². The number of hydrogen-bond donors (Lipinski definition) is 2. The summed E-state index contributed by atoms with van der Waals surface area (Å²) in [6.45, 7) is 3.63. The van der Waals surface area contributed by atoms with Crippen molar-refractivity contribution in [2.45, 2.75) is 26.2 Å². The lowest BCUT2D eigenvalue weighted by Crippen LogP contribution is -2.20. The number of nitrogens with one attached hydrogen (secondary N) is 1. The van der Waals surface area contributed by atoms with Crippen molar-refractivity contribution in [3.8, 4) is 11.5 Å². The average Bonchev–Trinajstić information content (AvgIpc) is 2.47. The van der Waals surface area contributed by atoms with Gasteiger partial charge in [0.05, 0.1) is 19.6 Å². The minimum atomic E-state index is -0.0382. The fraction of sp³-hybridized carbons (Fsp3) is 0.533. The van der Waals surface area contributed by atoms with Crippen molar-refractivity contribution in [3.63, 3.8) is 0 Å². The van der Waals surface area contributed by atoms with Crippen LogP contribution in [0.1, 0.15) is 25.3 Å². The van der Waals surface area contributed by atoms with E-state index in [0.717, 1.165) is 29.9 Å². The molecule has 0 aliphatic rings. The molecule has 0 saturated heterocycles. The first-order valence-electron chi connectivity index (χ1n) is 7.00. The monoisotopic (exact) mass is 280 g/mol. The molecule has 1 aromatic rings. The van der Waals surface area contributed by atoms with Gasteiger partial charge in [-0.2, -0.15) is 0 Å². The maximum Gasteiger partial charge on any atom is 0.223 e. The zero-order valence-electron chi connectivity index (χ0n) is 12.3. The van der Waals surface area contributed by atoms with Gasteiger partial charge in [0.25, 0.3) is 0 Å². The molecule has 0 aromatic heterocycles. The molecular weight excluding hydrogens is 256 g/mol. The number of hydrogen-bond acceptors (Lipinski definition) is 4. The number of carbonyl (C=O) groups excluding carboxylic acids is 1. The summed E-state index contributed by atoms with van der Waals surface area (Å²) in [5.41, 5.74) is 6.63. The lowest BCUT2D eigenvalue weighted by molar-refractivity contribution is -0.121. The van der Waals surface area contributed by atoms with E-state index in [9.17, 15) is 4.79 Å². The molecule has 3 N–H and O–H groups in total. The highest BCUT2D eigenvalue weighted by molar-refractivity contribution is 5.75. The topological polar surface area (TPSA) is 73.6 Å². The first kappa shape index (κ1) is 16.3. The lowest BCUT2D eigenvalue weighted by atomic mass is 10.1. The second-order valence-electron chi connectivity index (χ2n) is 4.43. The summed E-state index contributed by atoms with van der Waals surface area (Å²) in [5.74, 6) is 1.49. The van der Waals surface area contributed by atoms with E-state index in [1.54, 1.807) is 7.05 Å². The molecule has 20 heavy (non-hydrogen) atoms. The van der Waals surface area contributed by atoms with E-state index in [1.165, 1.54) is 0 Å². The van der Waals surface area contributed by atoms with Crippen molar-refractivity contribution < 1.29 is 14.3 Å². The van der Waals surface area contributed by atoms with Crippen LogP contribution in [0.2, 0.25) is 0 Å². The van der Waals surface area contributed by atoms with E-state index in [0.29, 0.717) is 26.2 Å². The molecule has 0 radical (unpaired) electrons. The van der Waals surface area contributed by atoms with E-state index < -0.39 is 0 Å². The van der Waals surface area contributed by atoms with E-state index >= 15 is 0 Å². The molecule has 112 valence electrons. The Kier molecular flexibility index (Phi) is 7.50. The van der Waals surface area contributed by atoms with Gasteiger partial charge in [0.15, 0.2) is 0 Å². The van der Waals surface area contributed by atoms with Crippen molar-refractivity contribution >= 4 is 5.91 Å². The van der Waals surface area contributed by atoms with Crippen LogP contribution in [-0.4, -0.2) is 32.7 Å². The maximum absolute atomic E-state index is 11.2. The van der Waals surface area contributed by atoms with Crippen LogP contribution < -0.4 is 20.5 Å². The Morgan fingerprint density at radius 2 is 2.10 bits per heavy atom. The largest absolute Gasteiger partial charge is 0.493 e. The molecule has 1 rings (SSSR count). The van der Waals surface area contributed by atoms with E-state index in [1.807, 2.05) is 18.2 Å². The molecule has 0 spiro atoms. The zero-order valence-corrected chi connectivity index (χ0v) is 12.3. The summed E-state index contributed by atoms with van der Waals surface area (Å²) in [4.78, 5) is 11.2. The predicted molar refractivity (Wildman–Crippen MR) is 79.2 cm³/mol. The zero-order chi connectivity index (χ0) is 14.8. The molecule has 0 unspecified atom stereocenters. The van der Waals surface area contributed by atoms with E-state index in [4.69, 9.17) is 15.2 Å². The first-order valence-corrected chi connectivity index (χ1v) is 7.00. The quantitative estimate of drug-likeness (QED) is 0.719. The molecule has 1 aromatic carbocycles. The summed E-state index contributed by atoms with van der Waals surface area (Å²) in [5, 5.41) is 2.57. The Hall–Kier alpha value is -1.75. The van der Waals surface area contributed by atoms with Crippen molar-refractivity contribution in [1.29, 1.82) is 0 Å².